The van der Waals surface area contributed by atoms with E-state index >= 15 is 0 Å². The molecule has 0 amide bonds. The van der Waals surface area contributed by atoms with Gasteiger partial charge in [-0.05, 0) is 25.7 Å². The molecule has 2 heteroatoms. The Morgan fingerprint density at radius 3 is 1.91 bits per heavy atom. The first-order chi connectivity index (χ1) is 5.11. The van der Waals surface area contributed by atoms with Gasteiger partial charge in [0.05, 0.1) is 12.2 Å². The maximum Gasteiger partial charge on any atom is 0.0541 e. The van der Waals surface area contributed by atoms with Crippen LogP contribution in [0.2, 0.25) is 0 Å². The smallest absolute Gasteiger partial charge is 0.0541 e. The summed E-state index contributed by atoms with van der Waals surface area (Å²) in [6, 6.07) is 0. The summed E-state index contributed by atoms with van der Waals surface area (Å²) >= 11 is 0. The lowest BCUT2D eigenvalue weighted by molar-refractivity contribution is 0.0683. The highest BCUT2D eigenvalue weighted by atomic mass is 16.3. The van der Waals surface area contributed by atoms with E-state index in [-0.39, 0.29) is 18.1 Å². The van der Waals surface area contributed by atoms with E-state index in [0.29, 0.717) is 0 Å². The van der Waals surface area contributed by atoms with Crippen LogP contribution in [0.25, 0.3) is 0 Å². The van der Waals surface area contributed by atoms with Crippen molar-refractivity contribution in [1.82, 2.24) is 0 Å². The third-order valence-corrected chi connectivity index (χ3v) is 2.25. The van der Waals surface area contributed by atoms with Gasteiger partial charge in [0.25, 0.3) is 0 Å². The summed E-state index contributed by atoms with van der Waals surface area (Å²) in [4.78, 5) is 0. The van der Waals surface area contributed by atoms with Crippen LogP contribution in [0.5, 0.6) is 0 Å². The molecule has 0 bridgehead atoms. The Balaban J connectivity index is 3.68. The van der Waals surface area contributed by atoms with Gasteiger partial charge in [0.1, 0.15) is 0 Å². The molecule has 0 heterocycles. The topological polar surface area (TPSA) is 40.5 Å². The average Bonchev–Trinajstić information content (AvgIpc) is 1.99. The van der Waals surface area contributed by atoms with Crippen molar-refractivity contribution in [3.8, 4) is 0 Å². The SMILES string of the molecule is CCC(O)CC(CC)C(C)O. The van der Waals surface area contributed by atoms with E-state index in [0.717, 1.165) is 19.3 Å². The molecule has 0 aromatic heterocycles. The largest absolute Gasteiger partial charge is 0.393 e. The van der Waals surface area contributed by atoms with Crippen LogP contribution in [-0.4, -0.2) is 22.4 Å². The molecule has 0 aliphatic rings. The molecule has 11 heavy (non-hydrogen) atoms. The number of rotatable bonds is 5. The second kappa shape index (κ2) is 5.56. The molecule has 0 spiro atoms. The Morgan fingerprint density at radius 2 is 1.64 bits per heavy atom. The molecule has 0 aromatic rings. The van der Waals surface area contributed by atoms with Crippen molar-refractivity contribution < 1.29 is 10.2 Å². The monoisotopic (exact) mass is 160 g/mol. The Kier molecular flexibility index (Phi) is 5.51. The fraction of sp³-hybridized carbons (Fsp3) is 1.00. The summed E-state index contributed by atoms with van der Waals surface area (Å²) in [5.74, 6) is 0.255. The van der Waals surface area contributed by atoms with Crippen LogP contribution in [-0.2, 0) is 0 Å². The number of aliphatic hydroxyl groups excluding tert-OH is 2. The molecule has 0 saturated heterocycles. The number of hydrogen-bond donors (Lipinski definition) is 2. The van der Waals surface area contributed by atoms with Crippen molar-refractivity contribution in [3.05, 3.63) is 0 Å². The van der Waals surface area contributed by atoms with Gasteiger partial charge in [0, 0.05) is 0 Å². The molecule has 0 aromatic carbocycles. The lowest BCUT2D eigenvalue weighted by Crippen LogP contribution is -2.21. The lowest BCUT2D eigenvalue weighted by atomic mass is 9.93. The predicted octanol–water partition coefficient (Wildman–Crippen LogP) is 1.55. The minimum Gasteiger partial charge on any atom is -0.393 e. The molecule has 3 atom stereocenters. The van der Waals surface area contributed by atoms with Crippen molar-refractivity contribution in [1.29, 1.82) is 0 Å². The molecular weight excluding hydrogens is 140 g/mol. The fourth-order valence-electron chi connectivity index (χ4n) is 1.22. The fourth-order valence-corrected chi connectivity index (χ4v) is 1.22. The third kappa shape index (κ3) is 4.38. The second-order valence-electron chi connectivity index (χ2n) is 3.21. The summed E-state index contributed by atoms with van der Waals surface area (Å²) in [6.45, 7) is 5.79. The molecule has 2 N–H and O–H groups in total. The molecule has 3 unspecified atom stereocenters. The van der Waals surface area contributed by atoms with Crippen molar-refractivity contribution in [2.45, 2.75) is 52.2 Å². The highest BCUT2D eigenvalue weighted by Gasteiger charge is 2.15. The van der Waals surface area contributed by atoms with Crippen LogP contribution in [0.4, 0.5) is 0 Å². The van der Waals surface area contributed by atoms with Crippen LogP contribution >= 0.6 is 0 Å². The summed E-state index contributed by atoms with van der Waals surface area (Å²) in [7, 11) is 0. The third-order valence-electron chi connectivity index (χ3n) is 2.25. The summed E-state index contributed by atoms with van der Waals surface area (Å²) in [6.07, 6.45) is 1.92. The van der Waals surface area contributed by atoms with Gasteiger partial charge < -0.3 is 10.2 Å². The highest BCUT2D eigenvalue weighted by Crippen LogP contribution is 2.16. The van der Waals surface area contributed by atoms with E-state index in [1.807, 2.05) is 13.8 Å². The van der Waals surface area contributed by atoms with E-state index in [1.54, 1.807) is 6.92 Å². The van der Waals surface area contributed by atoms with Crippen LogP contribution in [0.3, 0.4) is 0 Å². The molecule has 0 saturated carbocycles. The van der Waals surface area contributed by atoms with Crippen LogP contribution in [0, 0.1) is 5.92 Å². The number of hydrogen-bond acceptors (Lipinski definition) is 2. The van der Waals surface area contributed by atoms with E-state index in [2.05, 4.69) is 0 Å². The van der Waals surface area contributed by atoms with E-state index in [9.17, 15) is 10.2 Å². The molecule has 0 radical (unpaired) electrons. The minimum atomic E-state index is -0.291. The Morgan fingerprint density at radius 1 is 1.09 bits per heavy atom. The van der Waals surface area contributed by atoms with Gasteiger partial charge in [0.2, 0.25) is 0 Å². The predicted molar refractivity (Wildman–Crippen MR) is 46.4 cm³/mol. The zero-order valence-corrected chi connectivity index (χ0v) is 7.75. The molecule has 68 valence electrons. The van der Waals surface area contributed by atoms with Crippen LogP contribution < -0.4 is 0 Å². The first-order valence-electron chi connectivity index (χ1n) is 4.47. The normalized spacial score (nSPS) is 19.4. The van der Waals surface area contributed by atoms with Crippen molar-refractivity contribution in [2.24, 2.45) is 5.92 Å². The second-order valence-corrected chi connectivity index (χ2v) is 3.21. The van der Waals surface area contributed by atoms with Gasteiger partial charge >= 0.3 is 0 Å². The standard InChI is InChI=1S/C9H20O2/c1-4-8(7(3)10)6-9(11)5-2/h7-11H,4-6H2,1-3H3. The maximum absolute atomic E-state index is 9.30. The average molecular weight is 160 g/mol. The van der Waals surface area contributed by atoms with Gasteiger partial charge in [-0.2, -0.15) is 0 Å². The first kappa shape index (κ1) is 10.9. The van der Waals surface area contributed by atoms with Crippen molar-refractivity contribution in [2.75, 3.05) is 0 Å². The zero-order valence-electron chi connectivity index (χ0n) is 7.75. The Bertz CT molecular complexity index is 91.6. The Labute approximate surface area is 69.2 Å². The summed E-state index contributed by atoms with van der Waals surface area (Å²) in [5.41, 5.74) is 0. The minimum absolute atomic E-state index is 0.241. The maximum atomic E-state index is 9.30. The van der Waals surface area contributed by atoms with Crippen LogP contribution in [0.1, 0.15) is 40.0 Å². The van der Waals surface area contributed by atoms with Gasteiger partial charge in [-0.1, -0.05) is 20.3 Å². The molecule has 0 rings (SSSR count). The van der Waals surface area contributed by atoms with Gasteiger partial charge in [-0.15, -0.1) is 0 Å². The first-order valence-corrected chi connectivity index (χ1v) is 4.47. The molecule has 0 aliphatic carbocycles. The Hall–Kier alpha value is -0.0800. The van der Waals surface area contributed by atoms with Crippen molar-refractivity contribution >= 4 is 0 Å². The molecule has 0 fully saturated rings. The number of aliphatic hydroxyl groups is 2. The van der Waals surface area contributed by atoms with Crippen LogP contribution in [0.15, 0.2) is 0 Å². The van der Waals surface area contributed by atoms with Gasteiger partial charge in [-0.3, -0.25) is 0 Å². The van der Waals surface area contributed by atoms with E-state index in [1.165, 1.54) is 0 Å². The van der Waals surface area contributed by atoms with Crippen molar-refractivity contribution in [3.63, 3.8) is 0 Å². The molecule has 0 aliphatic heterocycles. The van der Waals surface area contributed by atoms with Gasteiger partial charge in [0.15, 0.2) is 0 Å². The lowest BCUT2D eigenvalue weighted by Gasteiger charge is -2.20. The van der Waals surface area contributed by atoms with E-state index < -0.39 is 0 Å². The quantitative estimate of drug-likeness (QED) is 0.640. The van der Waals surface area contributed by atoms with Gasteiger partial charge in [-0.25, -0.2) is 0 Å². The molecule has 2 nitrogen and oxygen atoms in total. The zero-order chi connectivity index (χ0) is 8.85. The molecular formula is C9H20O2. The van der Waals surface area contributed by atoms with E-state index in [4.69, 9.17) is 0 Å². The summed E-state index contributed by atoms with van der Waals surface area (Å²) < 4.78 is 0. The highest BCUT2D eigenvalue weighted by molar-refractivity contribution is 4.67. The summed E-state index contributed by atoms with van der Waals surface area (Å²) in [5, 5.41) is 18.5.